The maximum absolute atomic E-state index is 11.6. The maximum atomic E-state index is 11.6. The predicted octanol–water partition coefficient (Wildman–Crippen LogP) is 3.91. The standard InChI is InChI=1S/C15H19NO2S2/c1-15(2,3)18-14(17)9-16-8-12-7-11(10-20-12)13-5-4-6-19-13/h4-7,10,16H,8-9H2,1-3H3. The molecule has 20 heavy (non-hydrogen) atoms. The van der Waals surface area contributed by atoms with Gasteiger partial charge in [-0.15, -0.1) is 22.7 Å². The number of hydrogen-bond acceptors (Lipinski definition) is 5. The lowest BCUT2D eigenvalue weighted by Gasteiger charge is -2.19. The molecule has 2 heterocycles. The van der Waals surface area contributed by atoms with E-state index in [9.17, 15) is 4.79 Å². The molecule has 0 amide bonds. The van der Waals surface area contributed by atoms with Gasteiger partial charge >= 0.3 is 5.97 Å². The van der Waals surface area contributed by atoms with E-state index in [1.165, 1.54) is 15.3 Å². The molecule has 0 saturated carbocycles. The van der Waals surface area contributed by atoms with Gasteiger partial charge < -0.3 is 10.1 Å². The van der Waals surface area contributed by atoms with Crippen LogP contribution in [-0.4, -0.2) is 18.1 Å². The van der Waals surface area contributed by atoms with E-state index in [0.29, 0.717) is 6.54 Å². The normalized spacial score (nSPS) is 11.6. The molecule has 0 aliphatic carbocycles. The van der Waals surface area contributed by atoms with Crippen molar-refractivity contribution in [2.24, 2.45) is 0 Å². The average Bonchev–Trinajstić information content (AvgIpc) is 2.96. The van der Waals surface area contributed by atoms with Gasteiger partial charge in [0.15, 0.2) is 0 Å². The molecule has 0 aromatic carbocycles. The lowest BCUT2D eigenvalue weighted by atomic mass is 10.2. The van der Waals surface area contributed by atoms with Crippen LogP contribution in [0.25, 0.3) is 10.4 Å². The second-order valence-corrected chi connectivity index (χ2v) is 7.41. The highest BCUT2D eigenvalue weighted by Gasteiger charge is 2.15. The minimum Gasteiger partial charge on any atom is -0.459 e. The van der Waals surface area contributed by atoms with E-state index < -0.39 is 5.60 Å². The molecular formula is C15H19NO2S2. The third-order valence-electron chi connectivity index (χ3n) is 2.45. The molecule has 0 bridgehead atoms. The van der Waals surface area contributed by atoms with Gasteiger partial charge in [0, 0.05) is 21.9 Å². The predicted molar refractivity (Wildman–Crippen MR) is 85.2 cm³/mol. The molecule has 5 heteroatoms. The Balaban J connectivity index is 1.79. The van der Waals surface area contributed by atoms with Crippen molar-refractivity contribution < 1.29 is 9.53 Å². The van der Waals surface area contributed by atoms with Crippen molar-refractivity contribution in [2.75, 3.05) is 6.54 Å². The number of esters is 1. The lowest BCUT2D eigenvalue weighted by molar-refractivity contribution is -0.153. The van der Waals surface area contributed by atoms with Gasteiger partial charge in [-0.05, 0) is 43.7 Å². The molecule has 0 atom stereocenters. The smallest absolute Gasteiger partial charge is 0.320 e. The third kappa shape index (κ3) is 4.74. The van der Waals surface area contributed by atoms with Crippen LogP contribution in [0.4, 0.5) is 0 Å². The number of hydrogen-bond donors (Lipinski definition) is 1. The van der Waals surface area contributed by atoms with Gasteiger partial charge in [-0.3, -0.25) is 4.79 Å². The van der Waals surface area contributed by atoms with E-state index in [1.54, 1.807) is 22.7 Å². The molecule has 0 saturated heterocycles. The van der Waals surface area contributed by atoms with Crippen molar-refractivity contribution in [3.05, 3.63) is 33.8 Å². The Hall–Kier alpha value is -1.17. The monoisotopic (exact) mass is 309 g/mol. The molecule has 2 aromatic rings. The molecule has 0 fully saturated rings. The molecule has 3 nitrogen and oxygen atoms in total. The SMILES string of the molecule is CC(C)(C)OC(=O)CNCc1cc(-c2cccs2)cs1. The Bertz CT molecular complexity index is 553. The number of thiophene rings is 2. The molecule has 0 radical (unpaired) electrons. The number of carbonyl (C=O) groups excluding carboxylic acids is 1. The molecular weight excluding hydrogens is 290 g/mol. The van der Waals surface area contributed by atoms with Crippen molar-refractivity contribution in [3.63, 3.8) is 0 Å². The molecule has 0 unspecified atom stereocenters. The topological polar surface area (TPSA) is 38.3 Å². The van der Waals surface area contributed by atoms with E-state index in [2.05, 4.69) is 34.3 Å². The van der Waals surface area contributed by atoms with Crippen LogP contribution >= 0.6 is 22.7 Å². The largest absolute Gasteiger partial charge is 0.459 e. The number of carbonyl (C=O) groups is 1. The Morgan fingerprint density at radius 3 is 2.80 bits per heavy atom. The highest BCUT2D eigenvalue weighted by atomic mass is 32.1. The van der Waals surface area contributed by atoms with Crippen molar-refractivity contribution in [3.8, 4) is 10.4 Å². The first-order chi connectivity index (χ1) is 9.44. The first-order valence-corrected chi connectivity index (χ1v) is 8.24. The van der Waals surface area contributed by atoms with Crippen molar-refractivity contribution >= 4 is 28.6 Å². The van der Waals surface area contributed by atoms with Crippen LogP contribution in [0.15, 0.2) is 29.0 Å². The number of nitrogens with one attached hydrogen (secondary N) is 1. The van der Waals surface area contributed by atoms with E-state index >= 15 is 0 Å². The van der Waals surface area contributed by atoms with Gasteiger partial charge in [-0.1, -0.05) is 6.07 Å². The molecule has 1 N–H and O–H groups in total. The summed E-state index contributed by atoms with van der Waals surface area (Å²) >= 11 is 3.44. The Morgan fingerprint density at radius 2 is 2.15 bits per heavy atom. The molecule has 0 spiro atoms. The van der Waals surface area contributed by atoms with Crippen molar-refractivity contribution in [1.82, 2.24) is 5.32 Å². The van der Waals surface area contributed by atoms with Crippen LogP contribution in [0.1, 0.15) is 25.6 Å². The van der Waals surface area contributed by atoms with Crippen LogP contribution in [0.3, 0.4) is 0 Å². The fourth-order valence-corrected chi connectivity index (χ4v) is 3.35. The second kappa shape index (κ2) is 6.52. The summed E-state index contributed by atoms with van der Waals surface area (Å²) in [7, 11) is 0. The van der Waals surface area contributed by atoms with Gasteiger partial charge in [-0.2, -0.15) is 0 Å². The Morgan fingerprint density at radius 1 is 1.35 bits per heavy atom. The summed E-state index contributed by atoms with van der Waals surface area (Å²) in [6.07, 6.45) is 0. The van der Waals surface area contributed by atoms with Gasteiger partial charge in [0.2, 0.25) is 0 Å². The highest BCUT2D eigenvalue weighted by molar-refractivity contribution is 7.14. The Labute approximate surface area is 127 Å². The van der Waals surface area contributed by atoms with Crippen molar-refractivity contribution in [2.45, 2.75) is 32.9 Å². The number of ether oxygens (including phenoxy) is 1. The van der Waals surface area contributed by atoms with Gasteiger partial charge in [-0.25, -0.2) is 0 Å². The summed E-state index contributed by atoms with van der Waals surface area (Å²) in [6.45, 7) is 6.55. The molecule has 0 aliphatic heterocycles. The zero-order valence-electron chi connectivity index (χ0n) is 11.9. The van der Waals surface area contributed by atoms with E-state index in [4.69, 9.17) is 4.74 Å². The summed E-state index contributed by atoms with van der Waals surface area (Å²) < 4.78 is 5.24. The van der Waals surface area contributed by atoms with E-state index in [1.807, 2.05) is 20.8 Å². The zero-order chi connectivity index (χ0) is 14.6. The molecule has 108 valence electrons. The van der Waals surface area contributed by atoms with Crippen LogP contribution in [0, 0.1) is 0 Å². The minimum absolute atomic E-state index is 0.215. The first kappa shape index (κ1) is 15.2. The van der Waals surface area contributed by atoms with Gasteiger partial charge in [0.25, 0.3) is 0 Å². The summed E-state index contributed by atoms with van der Waals surface area (Å²) in [5.74, 6) is -0.215. The fraction of sp³-hybridized carbons (Fsp3) is 0.400. The van der Waals surface area contributed by atoms with Gasteiger partial charge in [0.05, 0.1) is 6.54 Å². The highest BCUT2D eigenvalue weighted by Crippen LogP contribution is 2.29. The van der Waals surface area contributed by atoms with Crippen LogP contribution in [-0.2, 0) is 16.1 Å². The van der Waals surface area contributed by atoms with E-state index in [-0.39, 0.29) is 12.5 Å². The van der Waals surface area contributed by atoms with Crippen LogP contribution in [0.5, 0.6) is 0 Å². The molecule has 2 rings (SSSR count). The summed E-state index contributed by atoms with van der Waals surface area (Å²) in [6, 6.07) is 6.33. The quantitative estimate of drug-likeness (QED) is 0.851. The first-order valence-electron chi connectivity index (χ1n) is 6.48. The minimum atomic E-state index is -0.423. The molecule has 2 aromatic heterocycles. The van der Waals surface area contributed by atoms with Gasteiger partial charge in [0.1, 0.15) is 5.60 Å². The third-order valence-corrected chi connectivity index (χ3v) is 4.30. The summed E-state index contributed by atoms with van der Waals surface area (Å²) in [4.78, 5) is 14.1. The maximum Gasteiger partial charge on any atom is 0.320 e. The van der Waals surface area contributed by atoms with Crippen LogP contribution in [0.2, 0.25) is 0 Å². The lowest BCUT2D eigenvalue weighted by Crippen LogP contribution is -2.31. The van der Waals surface area contributed by atoms with Crippen LogP contribution < -0.4 is 5.32 Å². The summed E-state index contributed by atoms with van der Waals surface area (Å²) in [5, 5.41) is 7.35. The second-order valence-electron chi connectivity index (χ2n) is 5.47. The number of rotatable bonds is 5. The average molecular weight is 309 g/mol. The Kier molecular flexibility index (Phi) is 4.96. The molecule has 0 aliphatic rings. The fourth-order valence-electron chi connectivity index (χ4n) is 1.71. The summed E-state index contributed by atoms with van der Waals surface area (Å²) in [5.41, 5.74) is 0.827. The van der Waals surface area contributed by atoms with Crippen molar-refractivity contribution in [1.29, 1.82) is 0 Å². The zero-order valence-corrected chi connectivity index (χ0v) is 13.6. The van der Waals surface area contributed by atoms with E-state index in [0.717, 1.165) is 0 Å².